The van der Waals surface area contributed by atoms with Crippen LogP contribution in [-0.2, 0) is 0 Å². The van der Waals surface area contributed by atoms with Crippen molar-refractivity contribution in [3.05, 3.63) is 201 Å². The summed E-state index contributed by atoms with van der Waals surface area (Å²) in [6.45, 7) is 1.57. The highest BCUT2D eigenvalue weighted by Gasteiger charge is 2.37. The number of benzene rings is 8. The fraction of sp³-hybridized carbons (Fsp3) is 0.0492. The maximum absolute atomic E-state index is 12.2. The van der Waals surface area contributed by atoms with Crippen LogP contribution < -0.4 is 14.9 Å². The Balaban J connectivity index is 0.000000145. The highest BCUT2D eigenvalue weighted by Crippen LogP contribution is 2.41. The number of Topliss-reactive ketones (excluding diaryl/α,β-unsaturated/α-hetero) is 3. The van der Waals surface area contributed by atoms with Gasteiger partial charge in [0.2, 0.25) is 17.0 Å². The molecular formula is C61H46O22. The third-order valence-corrected chi connectivity index (χ3v) is 12.4. The van der Waals surface area contributed by atoms with Crippen molar-refractivity contribution >= 4 is 40.5 Å². The van der Waals surface area contributed by atoms with Crippen LogP contribution in [0, 0.1) is 0 Å². The number of aliphatic hydroxyl groups is 1. The molecule has 0 radical (unpaired) electrons. The van der Waals surface area contributed by atoms with Gasteiger partial charge in [0.1, 0.15) is 45.8 Å². The van der Waals surface area contributed by atoms with Crippen LogP contribution in [0.15, 0.2) is 166 Å². The predicted molar refractivity (Wildman–Crippen MR) is 295 cm³/mol. The van der Waals surface area contributed by atoms with E-state index in [1.54, 1.807) is 19.1 Å². The molecule has 8 aromatic carbocycles. The second-order valence-electron chi connectivity index (χ2n) is 18.2. The number of ketones is 3. The molecule has 422 valence electrons. The molecule has 3 heterocycles. The second kappa shape index (κ2) is 23.7. The van der Waals surface area contributed by atoms with Crippen molar-refractivity contribution in [2.45, 2.75) is 19.1 Å². The van der Waals surface area contributed by atoms with Gasteiger partial charge in [0.05, 0.1) is 22.1 Å². The van der Waals surface area contributed by atoms with Gasteiger partial charge in [0.15, 0.2) is 81.3 Å². The van der Waals surface area contributed by atoms with Crippen molar-refractivity contribution in [1.82, 2.24) is 0 Å². The first-order valence-electron chi connectivity index (χ1n) is 24.2. The van der Waals surface area contributed by atoms with Crippen LogP contribution in [0.25, 0.3) is 34.4 Å². The Bertz CT molecular complexity index is 4180. The van der Waals surface area contributed by atoms with Crippen molar-refractivity contribution in [2.24, 2.45) is 0 Å². The van der Waals surface area contributed by atoms with Crippen LogP contribution >= 0.6 is 0 Å². The average molecular weight is 1130 g/mol. The topological polar surface area (TPSA) is 403 Å². The molecule has 11 rings (SSSR count). The van der Waals surface area contributed by atoms with Crippen LogP contribution in [0.1, 0.15) is 60.8 Å². The summed E-state index contributed by atoms with van der Waals surface area (Å²) in [5.74, 6) is -4.51. The Morgan fingerprint density at radius 2 is 1.02 bits per heavy atom. The molecule has 9 aromatic rings. The van der Waals surface area contributed by atoms with Gasteiger partial charge in [0.25, 0.3) is 0 Å². The first-order valence-corrected chi connectivity index (χ1v) is 24.2. The zero-order valence-electron chi connectivity index (χ0n) is 42.7. The summed E-state index contributed by atoms with van der Waals surface area (Å²) in [6.07, 6.45) is 0.510. The number of fused-ring (bicyclic) bond motifs is 3. The molecule has 1 aromatic heterocycles. The number of phenolic OH excluding ortho intramolecular Hbond substituents is 13. The molecule has 0 fully saturated rings. The molecule has 22 heteroatoms. The Morgan fingerprint density at radius 1 is 0.494 bits per heavy atom. The van der Waals surface area contributed by atoms with Gasteiger partial charge in [-0.25, -0.2) is 0 Å². The van der Waals surface area contributed by atoms with Gasteiger partial charge < -0.3 is 90.5 Å². The van der Waals surface area contributed by atoms with E-state index in [0.29, 0.717) is 33.6 Å². The Hall–Kier alpha value is -11.8. The molecule has 0 saturated carbocycles. The number of rotatable bonds is 6. The van der Waals surface area contributed by atoms with Crippen LogP contribution in [0.5, 0.6) is 92.0 Å². The van der Waals surface area contributed by atoms with Gasteiger partial charge in [0, 0.05) is 29.8 Å². The number of hydrogen-bond donors (Lipinski definition) is 15. The standard InChI is InChI=1S/C16H14O5.C15H12O6.C15H10O6.C15H10O5/c1-9(6-10-2-5-13(18)15(20)7-10)16(21)12-4-3-11(17)8-14(12)19;2*16-8-2-3-9-12(6-8)21-15(14(20)13(9)19)7-1-4-10(17)11(18)5-7;16-9-2-3-10-13(7-9)20-14(15(10)19)6-8-1-4-11(17)12(18)5-8/h2-8,17-20H,1H3;1-6,14-18,20H;1-6,16-18,20H;1-7,16-18H/b9-6+;;;. The van der Waals surface area contributed by atoms with E-state index in [1.807, 2.05) is 0 Å². The summed E-state index contributed by atoms with van der Waals surface area (Å²) >= 11 is 0. The molecule has 0 spiro atoms. The minimum Gasteiger partial charge on any atom is -0.508 e. The molecule has 0 amide bonds. The Morgan fingerprint density at radius 3 is 1.65 bits per heavy atom. The number of aliphatic hydroxyl groups excluding tert-OH is 1. The van der Waals surface area contributed by atoms with Gasteiger partial charge in [-0.2, -0.15) is 0 Å². The maximum atomic E-state index is 12.2. The van der Waals surface area contributed by atoms with Crippen LogP contribution in [-0.4, -0.2) is 100 Å². The highest BCUT2D eigenvalue weighted by molar-refractivity contribution is 6.15. The number of carbonyl (C=O) groups excluding carboxylic acids is 3. The largest absolute Gasteiger partial charge is 0.508 e. The van der Waals surface area contributed by atoms with Gasteiger partial charge in [-0.05, 0) is 144 Å². The molecular weight excluding hydrogens is 1080 g/mol. The van der Waals surface area contributed by atoms with Crippen molar-refractivity contribution < 1.29 is 105 Å². The third-order valence-electron chi connectivity index (χ3n) is 12.4. The lowest BCUT2D eigenvalue weighted by Gasteiger charge is -2.29. The minimum absolute atomic E-state index is 0.0140. The van der Waals surface area contributed by atoms with E-state index in [0.717, 1.165) is 12.1 Å². The van der Waals surface area contributed by atoms with E-state index >= 15 is 0 Å². The van der Waals surface area contributed by atoms with Crippen molar-refractivity contribution in [2.75, 3.05) is 0 Å². The zero-order valence-corrected chi connectivity index (χ0v) is 42.7. The molecule has 83 heavy (non-hydrogen) atoms. The smallest absolute Gasteiger partial charge is 0.235 e. The number of phenols is 13. The van der Waals surface area contributed by atoms with Crippen molar-refractivity contribution in [1.29, 1.82) is 0 Å². The molecule has 0 aliphatic carbocycles. The van der Waals surface area contributed by atoms with E-state index in [1.165, 1.54) is 133 Å². The molecule has 2 unspecified atom stereocenters. The molecule has 15 N–H and O–H groups in total. The van der Waals surface area contributed by atoms with E-state index < -0.39 is 40.7 Å². The van der Waals surface area contributed by atoms with Gasteiger partial charge in [-0.1, -0.05) is 18.2 Å². The second-order valence-corrected chi connectivity index (χ2v) is 18.2. The van der Waals surface area contributed by atoms with Crippen LogP contribution in [0.4, 0.5) is 0 Å². The maximum Gasteiger partial charge on any atom is 0.235 e. The summed E-state index contributed by atoms with van der Waals surface area (Å²) in [4.78, 5) is 48.5. The van der Waals surface area contributed by atoms with Gasteiger partial charge in [-0.3, -0.25) is 19.2 Å². The van der Waals surface area contributed by atoms with Crippen LogP contribution in [0.2, 0.25) is 0 Å². The number of ether oxygens (including phenoxy) is 2. The van der Waals surface area contributed by atoms with Gasteiger partial charge in [-0.15, -0.1) is 0 Å². The van der Waals surface area contributed by atoms with Crippen molar-refractivity contribution in [3.8, 4) is 103 Å². The molecule has 2 aliphatic heterocycles. The summed E-state index contributed by atoms with van der Waals surface area (Å²) in [5.41, 5.74) is 2.00. The lowest BCUT2D eigenvalue weighted by Crippen LogP contribution is -2.36. The summed E-state index contributed by atoms with van der Waals surface area (Å²) in [6, 6.07) is 31.9. The first kappa shape index (κ1) is 57.4. The first-order chi connectivity index (χ1) is 39.4. The van der Waals surface area contributed by atoms with E-state index in [-0.39, 0.29) is 120 Å². The zero-order chi connectivity index (χ0) is 60.1. The number of aromatic hydroxyl groups is 14. The average Bonchev–Trinajstić information content (AvgIpc) is 3.58. The molecule has 22 nitrogen and oxygen atoms in total. The predicted octanol–water partition coefficient (Wildman–Crippen LogP) is 8.98. The highest BCUT2D eigenvalue weighted by atomic mass is 16.5. The number of carbonyl (C=O) groups is 3. The Kier molecular flexibility index (Phi) is 16.4. The quantitative estimate of drug-likeness (QED) is 0.0419. The molecule has 2 aliphatic rings. The lowest BCUT2D eigenvalue weighted by molar-refractivity contribution is 0.0215. The SMILES string of the molecule is C/C(=C\c1ccc(O)c(O)c1)C(=O)c1ccc(O)cc1O.O=C1C(=Cc2ccc(O)c(O)c2)Oc2cc(O)ccc21.O=C1c2ccc(O)cc2OC(c2ccc(O)c(O)c2)C1O.O=c1c(O)c(-c2ccc(O)c(O)c2)oc2cc(O)ccc12. The monoisotopic (exact) mass is 1130 g/mol. The molecule has 2 atom stereocenters. The van der Waals surface area contributed by atoms with E-state index in [4.69, 9.17) is 13.9 Å². The number of allylic oxidation sites excluding steroid dienone is 2. The lowest BCUT2D eigenvalue weighted by atomic mass is 9.93. The third kappa shape index (κ3) is 12.7. The van der Waals surface area contributed by atoms with E-state index in [9.17, 15) is 95.8 Å². The molecule has 0 saturated heterocycles. The summed E-state index contributed by atoms with van der Waals surface area (Å²) in [7, 11) is 0. The fourth-order valence-corrected chi connectivity index (χ4v) is 8.14. The Labute approximate surface area is 466 Å². The van der Waals surface area contributed by atoms with Crippen LogP contribution in [0.3, 0.4) is 0 Å². The van der Waals surface area contributed by atoms with Gasteiger partial charge >= 0.3 is 0 Å². The van der Waals surface area contributed by atoms with E-state index in [2.05, 4.69) is 0 Å². The van der Waals surface area contributed by atoms with Crippen molar-refractivity contribution in [3.63, 3.8) is 0 Å². The summed E-state index contributed by atoms with van der Waals surface area (Å²) in [5, 5.41) is 142. The summed E-state index contributed by atoms with van der Waals surface area (Å²) < 4.78 is 16.4. The number of hydrogen-bond acceptors (Lipinski definition) is 22. The normalized spacial score (nSPS) is 14.5. The minimum atomic E-state index is -1.44. The fourth-order valence-electron chi connectivity index (χ4n) is 8.14. The molecule has 0 bridgehead atoms.